The number of aliphatic imine (C=N–C) groups is 1. The standard InChI is InChI=1S/C23H33N5O3/c1-5-31-20-16-18(11-12-19(20)30-4)9-7-14-25-23(24-3)26-15-13-22(29)28-21-10-6-8-17(2)27-21/h6,8,10-12,16H,5,7,9,13-15H2,1-4H3,(H2,24,25,26)(H,27,28,29). The molecule has 3 N–H and O–H groups in total. The molecular formula is C23H33N5O3. The van der Waals surface area contributed by atoms with Gasteiger partial charge in [0.25, 0.3) is 0 Å². The number of rotatable bonds is 11. The normalized spacial score (nSPS) is 11.0. The molecule has 0 saturated heterocycles. The number of nitrogens with zero attached hydrogens (tertiary/aromatic N) is 2. The zero-order chi connectivity index (χ0) is 22.5. The highest BCUT2D eigenvalue weighted by atomic mass is 16.5. The summed E-state index contributed by atoms with van der Waals surface area (Å²) in [5.74, 6) is 2.66. The maximum atomic E-state index is 12.1. The number of hydrogen-bond acceptors (Lipinski definition) is 5. The molecule has 0 atom stereocenters. The number of amides is 1. The van der Waals surface area contributed by atoms with E-state index < -0.39 is 0 Å². The summed E-state index contributed by atoms with van der Waals surface area (Å²) in [5, 5.41) is 9.23. The molecule has 0 aliphatic heterocycles. The summed E-state index contributed by atoms with van der Waals surface area (Å²) in [6, 6.07) is 11.5. The maximum absolute atomic E-state index is 12.1. The first-order chi connectivity index (χ1) is 15.0. The smallest absolute Gasteiger partial charge is 0.227 e. The molecule has 31 heavy (non-hydrogen) atoms. The Hall–Kier alpha value is -3.29. The lowest BCUT2D eigenvalue weighted by Crippen LogP contribution is -2.39. The van der Waals surface area contributed by atoms with Gasteiger partial charge in [0.05, 0.1) is 13.7 Å². The predicted molar refractivity (Wildman–Crippen MR) is 124 cm³/mol. The third-order valence-corrected chi connectivity index (χ3v) is 4.49. The Kier molecular flexibility index (Phi) is 10.1. The Labute approximate surface area is 184 Å². The van der Waals surface area contributed by atoms with Gasteiger partial charge in [-0.1, -0.05) is 12.1 Å². The van der Waals surface area contributed by atoms with Crippen molar-refractivity contribution in [3.8, 4) is 11.5 Å². The molecule has 1 heterocycles. The van der Waals surface area contributed by atoms with E-state index in [2.05, 4.69) is 32.0 Å². The molecule has 0 spiro atoms. The van der Waals surface area contributed by atoms with Gasteiger partial charge in [-0.25, -0.2) is 4.98 Å². The van der Waals surface area contributed by atoms with E-state index >= 15 is 0 Å². The highest BCUT2D eigenvalue weighted by Crippen LogP contribution is 2.28. The minimum absolute atomic E-state index is 0.0920. The van der Waals surface area contributed by atoms with Crippen LogP contribution in [0.5, 0.6) is 11.5 Å². The molecule has 8 nitrogen and oxygen atoms in total. The summed E-state index contributed by atoms with van der Waals surface area (Å²) in [6.07, 6.45) is 2.15. The average molecular weight is 428 g/mol. The fourth-order valence-electron chi connectivity index (χ4n) is 2.98. The van der Waals surface area contributed by atoms with Crippen LogP contribution < -0.4 is 25.4 Å². The van der Waals surface area contributed by atoms with Crippen molar-refractivity contribution in [1.82, 2.24) is 15.6 Å². The fourth-order valence-corrected chi connectivity index (χ4v) is 2.98. The highest BCUT2D eigenvalue weighted by molar-refractivity contribution is 5.90. The van der Waals surface area contributed by atoms with E-state index in [1.807, 2.05) is 38.1 Å². The predicted octanol–water partition coefficient (Wildman–Crippen LogP) is 2.92. The summed E-state index contributed by atoms with van der Waals surface area (Å²) in [7, 11) is 3.35. The number of hydrogen-bond donors (Lipinski definition) is 3. The van der Waals surface area contributed by atoms with Crippen molar-refractivity contribution in [3.05, 3.63) is 47.7 Å². The number of aryl methyl sites for hydroxylation is 2. The van der Waals surface area contributed by atoms with Crippen LogP contribution in [0.2, 0.25) is 0 Å². The zero-order valence-corrected chi connectivity index (χ0v) is 18.8. The molecule has 0 aliphatic rings. The van der Waals surface area contributed by atoms with Crippen LogP contribution in [0, 0.1) is 6.92 Å². The molecule has 1 aromatic carbocycles. The van der Waals surface area contributed by atoms with E-state index in [1.165, 1.54) is 5.56 Å². The average Bonchev–Trinajstić information content (AvgIpc) is 2.76. The van der Waals surface area contributed by atoms with Gasteiger partial charge >= 0.3 is 0 Å². The number of nitrogens with one attached hydrogen (secondary N) is 3. The Morgan fingerprint density at radius 2 is 1.94 bits per heavy atom. The summed E-state index contributed by atoms with van der Waals surface area (Å²) in [5.41, 5.74) is 2.06. The number of aromatic nitrogens is 1. The van der Waals surface area contributed by atoms with Gasteiger partial charge in [0.1, 0.15) is 5.82 Å². The van der Waals surface area contributed by atoms with Gasteiger partial charge in [-0.2, -0.15) is 0 Å². The van der Waals surface area contributed by atoms with Gasteiger partial charge in [0, 0.05) is 32.3 Å². The second-order valence-corrected chi connectivity index (χ2v) is 6.91. The number of pyridine rings is 1. The maximum Gasteiger partial charge on any atom is 0.227 e. The van der Waals surface area contributed by atoms with Crippen molar-refractivity contribution in [2.45, 2.75) is 33.1 Å². The molecular weight excluding hydrogens is 394 g/mol. The quantitative estimate of drug-likeness (QED) is 0.290. The molecule has 2 rings (SSSR count). The molecule has 1 aromatic heterocycles. The number of carbonyl (C=O) groups excluding carboxylic acids is 1. The van der Waals surface area contributed by atoms with Gasteiger partial charge in [-0.05, 0) is 56.5 Å². The first-order valence-electron chi connectivity index (χ1n) is 10.5. The second kappa shape index (κ2) is 13.1. The lowest BCUT2D eigenvalue weighted by atomic mass is 10.1. The summed E-state index contributed by atoms with van der Waals surface area (Å²) in [6.45, 7) is 5.68. The zero-order valence-electron chi connectivity index (χ0n) is 18.8. The summed E-state index contributed by atoms with van der Waals surface area (Å²) < 4.78 is 11.0. The van der Waals surface area contributed by atoms with Crippen LogP contribution in [0.25, 0.3) is 0 Å². The number of anilines is 1. The topological polar surface area (TPSA) is 96.9 Å². The fraction of sp³-hybridized carbons (Fsp3) is 0.435. The van der Waals surface area contributed by atoms with Crippen molar-refractivity contribution < 1.29 is 14.3 Å². The number of methoxy groups -OCH3 is 1. The molecule has 0 bridgehead atoms. The minimum atomic E-state index is -0.0920. The number of benzene rings is 1. The molecule has 0 unspecified atom stereocenters. The van der Waals surface area contributed by atoms with Gasteiger partial charge in [0.2, 0.25) is 5.91 Å². The van der Waals surface area contributed by atoms with Crippen LogP contribution in [-0.2, 0) is 11.2 Å². The molecule has 8 heteroatoms. The Morgan fingerprint density at radius 3 is 2.65 bits per heavy atom. The van der Waals surface area contributed by atoms with E-state index in [1.54, 1.807) is 20.2 Å². The third kappa shape index (κ3) is 8.54. The Morgan fingerprint density at radius 1 is 1.13 bits per heavy atom. The molecule has 0 saturated carbocycles. The number of carbonyl (C=O) groups is 1. The molecule has 2 aromatic rings. The van der Waals surface area contributed by atoms with Crippen LogP contribution in [-0.4, -0.2) is 50.7 Å². The third-order valence-electron chi connectivity index (χ3n) is 4.49. The van der Waals surface area contributed by atoms with E-state index in [0.29, 0.717) is 31.3 Å². The Balaban J connectivity index is 1.68. The van der Waals surface area contributed by atoms with Crippen molar-refractivity contribution in [2.75, 3.05) is 39.2 Å². The van der Waals surface area contributed by atoms with Gasteiger partial charge in [0.15, 0.2) is 17.5 Å². The minimum Gasteiger partial charge on any atom is -0.493 e. The molecule has 0 fully saturated rings. The lowest BCUT2D eigenvalue weighted by molar-refractivity contribution is -0.116. The molecule has 0 radical (unpaired) electrons. The van der Waals surface area contributed by atoms with E-state index in [9.17, 15) is 4.79 Å². The second-order valence-electron chi connectivity index (χ2n) is 6.91. The van der Waals surface area contributed by atoms with Gasteiger partial charge in [-0.3, -0.25) is 9.79 Å². The Bertz CT molecular complexity index is 870. The summed E-state index contributed by atoms with van der Waals surface area (Å²) in [4.78, 5) is 20.5. The van der Waals surface area contributed by atoms with Crippen molar-refractivity contribution in [3.63, 3.8) is 0 Å². The van der Waals surface area contributed by atoms with Gasteiger partial charge in [-0.15, -0.1) is 0 Å². The number of guanidine groups is 1. The van der Waals surface area contributed by atoms with Crippen molar-refractivity contribution in [2.24, 2.45) is 4.99 Å². The van der Waals surface area contributed by atoms with E-state index in [4.69, 9.17) is 9.47 Å². The van der Waals surface area contributed by atoms with E-state index in [-0.39, 0.29) is 5.91 Å². The molecule has 1 amide bonds. The first-order valence-corrected chi connectivity index (χ1v) is 10.5. The highest BCUT2D eigenvalue weighted by Gasteiger charge is 2.06. The molecule has 0 aliphatic carbocycles. The summed E-state index contributed by atoms with van der Waals surface area (Å²) >= 11 is 0. The monoisotopic (exact) mass is 427 g/mol. The van der Waals surface area contributed by atoms with Crippen molar-refractivity contribution in [1.29, 1.82) is 0 Å². The molecule has 168 valence electrons. The van der Waals surface area contributed by atoms with Crippen LogP contribution in [0.3, 0.4) is 0 Å². The number of ether oxygens (including phenoxy) is 2. The van der Waals surface area contributed by atoms with Crippen LogP contribution >= 0.6 is 0 Å². The van der Waals surface area contributed by atoms with E-state index in [0.717, 1.165) is 36.6 Å². The van der Waals surface area contributed by atoms with Gasteiger partial charge < -0.3 is 25.4 Å². The first kappa shape index (κ1) is 24.0. The van der Waals surface area contributed by atoms with Crippen molar-refractivity contribution >= 4 is 17.7 Å². The lowest BCUT2D eigenvalue weighted by Gasteiger charge is -2.13. The van der Waals surface area contributed by atoms with Crippen LogP contribution in [0.1, 0.15) is 31.0 Å². The van der Waals surface area contributed by atoms with Crippen LogP contribution in [0.4, 0.5) is 5.82 Å². The largest absolute Gasteiger partial charge is 0.493 e. The SMILES string of the molecule is CCOc1cc(CCCNC(=NC)NCCC(=O)Nc2cccc(C)n2)ccc1OC. The van der Waals surface area contributed by atoms with Crippen LogP contribution in [0.15, 0.2) is 41.4 Å².